The Morgan fingerprint density at radius 1 is 1.16 bits per heavy atom. The van der Waals surface area contributed by atoms with Crippen LogP contribution in [0.2, 0.25) is 0 Å². The molecule has 0 radical (unpaired) electrons. The predicted molar refractivity (Wildman–Crippen MR) is 114 cm³/mol. The molecule has 1 atom stereocenters. The largest absolute Gasteiger partial charge is 0.476 e. The topological polar surface area (TPSA) is 120 Å². The van der Waals surface area contributed by atoms with E-state index in [1.165, 1.54) is 16.1 Å². The lowest BCUT2D eigenvalue weighted by Crippen LogP contribution is -2.56. The smallest absolute Gasteiger partial charge is 0.305 e. The summed E-state index contributed by atoms with van der Waals surface area (Å²) in [4.78, 5) is 41.8. The van der Waals surface area contributed by atoms with Crippen molar-refractivity contribution in [3.05, 3.63) is 39.6 Å². The fraction of sp³-hybridized carbons (Fsp3) is 0.421. The number of benzene rings is 1. The molecule has 31 heavy (non-hydrogen) atoms. The van der Waals surface area contributed by atoms with E-state index in [9.17, 15) is 22.8 Å². The zero-order valence-electron chi connectivity index (χ0n) is 17.0. The van der Waals surface area contributed by atoms with Crippen molar-refractivity contribution in [1.82, 2.24) is 14.2 Å². The molecule has 166 valence electrons. The van der Waals surface area contributed by atoms with E-state index in [0.29, 0.717) is 28.5 Å². The van der Waals surface area contributed by atoms with Crippen molar-refractivity contribution in [2.75, 3.05) is 37.6 Å². The monoisotopic (exact) mass is 466 g/mol. The van der Waals surface area contributed by atoms with Crippen molar-refractivity contribution in [1.29, 1.82) is 0 Å². The second kappa shape index (κ2) is 8.09. The standard InChI is InChI=1S/C19H22N4O6S2/c1-12-18(30-19(26)20-12)31(27,28)22-9-7-21(8-10-22)17(25)16-11-23(13(2)24)14-5-3-4-6-15(14)29-16/h3-6,16H,7-11H2,1-2H3,(H,20,26). The molecular formula is C19H22N4O6S2. The lowest BCUT2D eigenvalue weighted by atomic mass is 10.1. The number of thiazole rings is 1. The number of piperazine rings is 1. The number of para-hydroxylation sites is 2. The molecule has 0 saturated carbocycles. The number of fused-ring (bicyclic) bond motifs is 1. The number of sulfonamides is 1. The third-order valence-electron chi connectivity index (χ3n) is 5.33. The van der Waals surface area contributed by atoms with E-state index in [0.717, 1.165) is 0 Å². The van der Waals surface area contributed by atoms with E-state index < -0.39 is 21.0 Å². The number of hydrogen-bond donors (Lipinski definition) is 1. The highest BCUT2D eigenvalue weighted by atomic mass is 32.2. The summed E-state index contributed by atoms with van der Waals surface area (Å²) >= 11 is 0.662. The number of amides is 2. The zero-order chi connectivity index (χ0) is 22.3. The van der Waals surface area contributed by atoms with Crippen LogP contribution in [0.5, 0.6) is 5.75 Å². The number of anilines is 1. The van der Waals surface area contributed by atoms with Crippen LogP contribution in [0.1, 0.15) is 12.6 Å². The third kappa shape index (κ3) is 3.98. The Bertz CT molecular complexity index is 1180. The maximum atomic E-state index is 13.1. The summed E-state index contributed by atoms with van der Waals surface area (Å²) in [5.41, 5.74) is 0.933. The minimum absolute atomic E-state index is 0.00148. The van der Waals surface area contributed by atoms with Crippen molar-refractivity contribution in [3.8, 4) is 5.75 Å². The maximum Gasteiger partial charge on any atom is 0.305 e. The summed E-state index contributed by atoms with van der Waals surface area (Å²) in [5, 5.41) is 0. The Morgan fingerprint density at radius 2 is 1.84 bits per heavy atom. The average Bonchev–Trinajstić information content (AvgIpc) is 3.11. The van der Waals surface area contributed by atoms with Gasteiger partial charge in [-0.3, -0.25) is 14.4 Å². The van der Waals surface area contributed by atoms with Crippen LogP contribution < -0.4 is 14.5 Å². The summed E-state index contributed by atoms with van der Waals surface area (Å²) in [6.45, 7) is 3.68. The number of nitrogens with zero attached hydrogens (tertiary/aromatic N) is 3. The highest BCUT2D eigenvalue weighted by Gasteiger charge is 2.38. The van der Waals surface area contributed by atoms with E-state index in [4.69, 9.17) is 4.74 Å². The number of ether oxygens (including phenoxy) is 1. The maximum absolute atomic E-state index is 13.1. The second-order valence-corrected chi connectivity index (χ2v) is 10.5. The summed E-state index contributed by atoms with van der Waals surface area (Å²) in [5.74, 6) is -0.0213. The molecule has 4 rings (SSSR count). The lowest BCUT2D eigenvalue weighted by Gasteiger charge is -2.38. The van der Waals surface area contributed by atoms with E-state index in [1.54, 1.807) is 36.1 Å². The van der Waals surface area contributed by atoms with Gasteiger partial charge in [0.2, 0.25) is 5.91 Å². The Kier molecular flexibility index (Phi) is 5.62. The molecule has 2 amide bonds. The summed E-state index contributed by atoms with van der Waals surface area (Å²) in [6, 6.07) is 7.03. The van der Waals surface area contributed by atoms with Crippen LogP contribution in [0.4, 0.5) is 5.69 Å². The molecule has 0 bridgehead atoms. The number of aromatic amines is 1. The van der Waals surface area contributed by atoms with E-state index in [2.05, 4.69) is 4.98 Å². The lowest BCUT2D eigenvalue weighted by molar-refractivity contribution is -0.140. The number of aromatic nitrogens is 1. The first-order valence-corrected chi connectivity index (χ1v) is 12.0. The Hall–Kier alpha value is -2.70. The molecule has 1 N–H and O–H groups in total. The molecule has 1 aromatic carbocycles. The summed E-state index contributed by atoms with van der Waals surface area (Å²) < 4.78 is 32.9. The van der Waals surface area contributed by atoms with Gasteiger partial charge < -0.3 is 19.5 Å². The van der Waals surface area contributed by atoms with Crippen molar-refractivity contribution < 1.29 is 22.7 Å². The molecule has 2 aromatic rings. The molecule has 3 heterocycles. The number of rotatable bonds is 3. The summed E-state index contributed by atoms with van der Waals surface area (Å²) in [6.07, 6.45) is -0.862. The van der Waals surface area contributed by atoms with Crippen molar-refractivity contribution in [2.45, 2.75) is 24.2 Å². The molecule has 10 nitrogen and oxygen atoms in total. The van der Waals surface area contributed by atoms with Gasteiger partial charge in [0.1, 0.15) is 5.75 Å². The van der Waals surface area contributed by atoms with Crippen LogP contribution in [-0.4, -0.2) is 73.2 Å². The highest BCUT2D eigenvalue weighted by molar-refractivity contribution is 7.91. The number of hydrogen-bond acceptors (Lipinski definition) is 7. The minimum atomic E-state index is -3.81. The van der Waals surface area contributed by atoms with Crippen molar-refractivity contribution in [3.63, 3.8) is 0 Å². The molecule has 12 heteroatoms. The zero-order valence-corrected chi connectivity index (χ0v) is 18.7. The minimum Gasteiger partial charge on any atom is -0.476 e. The third-order valence-corrected chi connectivity index (χ3v) is 8.82. The van der Waals surface area contributed by atoms with Crippen molar-refractivity contribution in [2.24, 2.45) is 0 Å². The predicted octanol–water partition coefficient (Wildman–Crippen LogP) is 0.392. The number of aryl methyl sites for hydroxylation is 1. The normalized spacial score (nSPS) is 19.6. The Labute approximate surface area is 183 Å². The number of nitrogens with one attached hydrogen (secondary N) is 1. The van der Waals surface area contributed by atoms with E-state index in [1.807, 2.05) is 0 Å². The molecule has 2 aliphatic rings. The van der Waals surface area contributed by atoms with Gasteiger partial charge in [-0.05, 0) is 19.1 Å². The highest BCUT2D eigenvalue weighted by Crippen LogP contribution is 2.33. The molecule has 1 aromatic heterocycles. The molecule has 1 fully saturated rings. The van der Waals surface area contributed by atoms with Gasteiger partial charge in [0.05, 0.1) is 12.2 Å². The SMILES string of the molecule is CC(=O)N1CC(C(=O)N2CCN(S(=O)(=O)c3sc(=O)[nH]c3C)CC2)Oc2ccccc21. The molecule has 1 unspecified atom stereocenters. The Balaban J connectivity index is 1.46. The van der Waals surface area contributed by atoms with E-state index in [-0.39, 0.29) is 48.7 Å². The van der Waals surface area contributed by atoms with Gasteiger partial charge in [-0.2, -0.15) is 4.31 Å². The number of carbonyl (C=O) groups excluding carboxylic acids is 2. The first-order valence-electron chi connectivity index (χ1n) is 9.71. The van der Waals surface area contributed by atoms with Gasteiger partial charge in [0, 0.05) is 38.8 Å². The molecule has 0 spiro atoms. The Morgan fingerprint density at radius 3 is 2.45 bits per heavy atom. The van der Waals surface area contributed by atoms with Crippen LogP contribution in [0.25, 0.3) is 0 Å². The molecule has 1 saturated heterocycles. The molecule has 2 aliphatic heterocycles. The quantitative estimate of drug-likeness (QED) is 0.699. The molecular weight excluding hydrogens is 444 g/mol. The fourth-order valence-electron chi connectivity index (χ4n) is 3.77. The van der Waals surface area contributed by atoms with E-state index >= 15 is 0 Å². The van der Waals surface area contributed by atoms with Gasteiger partial charge in [0.15, 0.2) is 10.3 Å². The van der Waals surface area contributed by atoms with Crippen LogP contribution in [0, 0.1) is 6.92 Å². The first-order chi connectivity index (χ1) is 14.7. The van der Waals surface area contributed by atoms with Crippen LogP contribution in [-0.2, 0) is 19.6 Å². The van der Waals surface area contributed by atoms with Crippen LogP contribution >= 0.6 is 11.3 Å². The van der Waals surface area contributed by atoms with Crippen LogP contribution in [0.15, 0.2) is 33.3 Å². The summed E-state index contributed by atoms with van der Waals surface area (Å²) in [7, 11) is -3.81. The second-order valence-electron chi connectivity index (χ2n) is 7.36. The number of carbonyl (C=O) groups is 2. The fourth-order valence-corrected chi connectivity index (χ4v) is 6.63. The van der Waals surface area contributed by atoms with Gasteiger partial charge >= 0.3 is 4.87 Å². The first kappa shape index (κ1) is 21.5. The van der Waals surface area contributed by atoms with Gasteiger partial charge in [-0.25, -0.2) is 8.42 Å². The number of H-pyrrole nitrogens is 1. The van der Waals surface area contributed by atoms with Crippen LogP contribution in [0.3, 0.4) is 0 Å². The average molecular weight is 467 g/mol. The van der Waals surface area contributed by atoms with Gasteiger partial charge in [-0.1, -0.05) is 23.5 Å². The van der Waals surface area contributed by atoms with Gasteiger partial charge in [0.25, 0.3) is 15.9 Å². The van der Waals surface area contributed by atoms with Gasteiger partial charge in [-0.15, -0.1) is 0 Å². The van der Waals surface area contributed by atoms with Crippen molar-refractivity contribution >= 4 is 38.9 Å². The molecule has 0 aliphatic carbocycles.